The Labute approximate surface area is 122 Å². The van der Waals surface area contributed by atoms with Crippen LogP contribution in [0, 0.1) is 0 Å². The van der Waals surface area contributed by atoms with Crippen LogP contribution in [0.4, 0.5) is 5.82 Å². The van der Waals surface area contributed by atoms with Crippen LogP contribution in [0.3, 0.4) is 0 Å². The molecule has 0 saturated heterocycles. The zero-order chi connectivity index (χ0) is 14.7. The molecule has 2 N–H and O–H groups in total. The van der Waals surface area contributed by atoms with Crippen LogP contribution in [0.5, 0.6) is 11.5 Å². The number of nitrogens with two attached hydrogens (primary N) is 1. The Balaban J connectivity index is 2.61. The normalized spacial score (nSPS) is 10.4. The molecule has 0 spiro atoms. The van der Waals surface area contributed by atoms with Crippen LogP contribution in [0.2, 0.25) is 5.02 Å². The Bertz CT molecular complexity index is 632. The molecular formula is C14H16ClN3O2. The van der Waals surface area contributed by atoms with E-state index < -0.39 is 0 Å². The van der Waals surface area contributed by atoms with Gasteiger partial charge in [-0.3, -0.25) is 0 Å². The van der Waals surface area contributed by atoms with Gasteiger partial charge in [-0.2, -0.15) is 0 Å². The van der Waals surface area contributed by atoms with Crippen LogP contribution >= 0.6 is 11.6 Å². The SMILES string of the molecule is CCc1cc(N)nc(-c2ccc(OC)c(OC)c2Cl)n1. The van der Waals surface area contributed by atoms with E-state index in [-0.39, 0.29) is 0 Å². The highest BCUT2D eigenvalue weighted by atomic mass is 35.5. The number of hydrogen-bond acceptors (Lipinski definition) is 5. The lowest BCUT2D eigenvalue weighted by Crippen LogP contribution is -2.01. The zero-order valence-corrected chi connectivity index (χ0v) is 12.4. The van der Waals surface area contributed by atoms with Gasteiger partial charge in [-0.1, -0.05) is 18.5 Å². The van der Waals surface area contributed by atoms with E-state index >= 15 is 0 Å². The molecule has 1 aromatic heterocycles. The molecule has 0 atom stereocenters. The molecule has 2 rings (SSSR count). The molecule has 1 aromatic carbocycles. The molecule has 0 unspecified atom stereocenters. The maximum Gasteiger partial charge on any atom is 0.180 e. The molecule has 0 aliphatic carbocycles. The quantitative estimate of drug-likeness (QED) is 0.938. The lowest BCUT2D eigenvalue weighted by atomic mass is 10.1. The molecule has 0 fully saturated rings. The van der Waals surface area contributed by atoms with Gasteiger partial charge >= 0.3 is 0 Å². The van der Waals surface area contributed by atoms with E-state index in [4.69, 9.17) is 26.8 Å². The summed E-state index contributed by atoms with van der Waals surface area (Å²) in [5, 5.41) is 0.402. The van der Waals surface area contributed by atoms with Gasteiger partial charge in [0.25, 0.3) is 0 Å². The first kappa shape index (κ1) is 14.4. The first-order valence-electron chi connectivity index (χ1n) is 6.15. The number of aromatic nitrogens is 2. The summed E-state index contributed by atoms with van der Waals surface area (Å²) in [6.45, 7) is 2.00. The van der Waals surface area contributed by atoms with Crippen LogP contribution in [-0.2, 0) is 6.42 Å². The fraction of sp³-hybridized carbons (Fsp3) is 0.286. The summed E-state index contributed by atoms with van der Waals surface area (Å²) in [7, 11) is 3.09. The predicted molar refractivity (Wildman–Crippen MR) is 79.4 cm³/mol. The van der Waals surface area contributed by atoms with Crippen LogP contribution in [0.25, 0.3) is 11.4 Å². The second-order valence-electron chi connectivity index (χ2n) is 4.12. The Hall–Kier alpha value is -2.01. The van der Waals surface area contributed by atoms with Crippen molar-refractivity contribution in [3.63, 3.8) is 0 Å². The molecule has 106 valence electrons. The number of nitrogen functional groups attached to an aromatic ring is 1. The number of anilines is 1. The molecular weight excluding hydrogens is 278 g/mol. The third kappa shape index (κ3) is 2.63. The molecule has 1 heterocycles. The van der Waals surface area contributed by atoms with Gasteiger partial charge in [-0.25, -0.2) is 9.97 Å². The maximum absolute atomic E-state index is 6.35. The van der Waals surface area contributed by atoms with Crippen molar-refractivity contribution in [3.8, 4) is 22.9 Å². The highest BCUT2D eigenvalue weighted by Crippen LogP contribution is 2.40. The largest absolute Gasteiger partial charge is 0.493 e. The van der Waals surface area contributed by atoms with Crippen molar-refractivity contribution < 1.29 is 9.47 Å². The van der Waals surface area contributed by atoms with Gasteiger partial charge in [-0.15, -0.1) is 0 Å². The van der Waals surface area contributed by atoms with E-state index in [1.807, 2.05) is 6.92 Å². The second kappa shape index (κ2) is 5.96. The molecule has 6 heteroatoms. The van der Waals surface area contributed by atoms with Crippen molar-refractivity contribution in [2.24, 2.45) is 0 Å². The molecule has 0 bridgehead atoms. The monoisotopic (exact) mass is 293 g/mol. The minimum Gasteiger partial charge on any atom is -0.493 e. The van der Waals surface area contributed by atoms with Gasteiger partial charge in [0.15, 0.2) is 17.3 Å². The second-order valence-corrected chi connectivity index (χ2v) is 4.50. The number of aryl methyl sites for hydroxylation is 1. The Morgan fingerprint density at radius 1 is 1.20 bits per heavy atom. The molecule has 0 aliphatic rings. The molecule has 20 heavy (non-hydrogen) atoms. The van der Waals surface area contributed by atoms with E-state index in [9.17, 15) is 0 Å². The van der Waals surface area contributed by atoms with Gasteiger partial charge in [0.05, 0.1) is 19.2 Å². The smallest absolute Gasteiger partial charge is 0.180 e. The standard InChI is InChI=1S/C14H16ClN3O2/c1-4-8-7-11(16)18-14(17-8)9-5-6-10(19-2)13(20-3)12(9)15/h5-7H,4H2,1-3H3,(H2,16,17,18). The molecule has 5 nitrogen and oxygen atoms in total. The van der Waals surface area contributed by atoms with Crippen LogP contribution < -0.4 is 15.2 Å². The minimum absolute atomic E-state index is 0.402. The van der Waals surface area contributed by atoms with Crippen molar-refractivity contribution in [1.29, 1.82) is 0 Å². The Morgan fingerprint density at radius 2 is 1.95 bits per heavy atom. The number of nitrogens with zero attached hydrogens (tertiary/aromatic N) is 2. The van der Waals surface area contributed by atoms with Gasteiger partial charge in [0, 0.05) is 17.3 Å². The van der Waals surface area contributed by atoms with E-state index in [1.165, 1.54) is 7.11 Å². The number of benzene rings is 1. The van der Waals surface area contributed by atoms with E-state index in [0.717, 1.165) is 12.1 Å². The third-order valence-electron chi connectivity index (χ3n) is 2.89. The zero-order valence-electron chi connectivity index (χ0n) is 11.6. The molecule has 0 saturated carbocycles. The van der Waals surface area contributed by atoms with Crippen molar-refractivity contribution in [2.75, 3.05) is 20.0 Å². The van der Waals surface area contributed by atoms with Crippen molar-refractivity contribution in [1.82, 2.24) is 9.97 Å². The average molecular weight is 294 g/mol. The number of rotatable bonds is 4. The predicted octanol–water partition coefficient (Wildman–Crippen LogP) is 2.96. The summed E-state index contributed by atoms with van der Waals surface area (Å²) in [5.41, 5.74) is 7.32. The van der Waals surface area contributed by atoms with E-state index in [1.54, 1.807) is 25.3 Å². The number of ether oxygens (including phenoxy) is 2. The summed E-state index contributed by atoms with van der Waals surface area (Å²) >= 11 is 6.35. The number of methoxy groups -OCH3 is 2. The molecule has 0 radical (unpaired) electrons. The van der Waals surface area contributed by atoms with E-state index in [0.29, 0.717) is 33.7 Å². The van der Waals surface area contributed by atoms with Gasteiger partial charge < -0.3 is 15.2 Å². The highest BCUT2D eigenvalue weighted by molar-refractivity contribution is 6.35. The van der Waals surface area contributed by atoms with Gasteiger partial charge in [-0.05, 0) is 18.6 Å². The van der Waals surface area contributed by atoms with Crippen molar-refractivity contribution >= 4 is 17.4 Å². The first-order valence-corrected chi connectivity index (χ1v) is 6.52. The average Bonchev–Trinajstić information content (AvgIpc) is 2.45. The summed E-state index contributed by atoms with van der Waals surface area (Å²) in [6, 6.07) is 5.30. The summed E-state index contributed by atoms with van der Waals surface area (Å²) in [5.74, 6) is 1.90. The molecule has 2 aromatic rings. The van der Waals surface area contributed by atoms with E-state index in [2.05, 4.69) is 9.97 Å². The topological polar surface area (TPSA) is 70.3 Å². The number of halogens is 1. The summed E-state index contributed by atoms with van der Waals surface area (Å²) in [6.07, 6.45) is 0.768. The minimum atomic E-state index is 0.402. The van der Waals surface area contributed by atoms with Gasteiger partial charge in [0.2, 0.25) is 0 Å². The molecule has 0 amide bonds. The summed E-state index contributed by atoms with van der Waals surface area (Å²) < 4.78 is 10.5. The fourth-order valence-corrected chi connectivity index (χ4v) is 2.20. The summed E-state index contributed by atoms with van der Waals surface area (Å²) in [4.78, 5) is 8.67. The lowest BCUT2D eigenvalue weighted by molar-refractivity contribution is 0.355. The van der Waals surface area contributed by atoms with Gasteiger partial charge in [0.1, 0.15) is 5.82 Å². The van der Waals surface area contributed by atoms with Crippen LogP contribution in [-0.4, -0.2) is 24.2 Å². The van der Waals surface area contributed by atoms with Crippen molar-refractivity contribution in [3.05, 3.63) is 28.9 Å². The fourth-order valence-electron chi connectivity index (χ4n) is 1.88. The van der Waals surface area contributed by atoms with Crippen LogP contribution in [0.15, 0.2) is 18.2 Å². The lowest BCUT2D eigenvalue weighted by Gasteiger charge is -2.12. The Morgan fingerprint density at radius 3 is 2.55 bits per heavy atom. The van der Waals surface area contributed by atoms with Crippen molar-refractivity contribution in [2.45, 2.75) is 13.3 Å². The first-order chi connectivity index (χ1) is 9.60. The maximum atomic E-state index is 6.35. The molecule has 0 aliphatic heterocycles. The highest BCUT2D eigenvalue weighted by Gasteiger charge is 2.16. The third-order valence-corrected chi connectivity index (χ3v) is 3.26. The van der Waals surface area contributed by atoms with Crippen LogP contribution in [0.1, 0.15) is 12.6 Å². The Kier molecular flexibility index (Phi) is 4.29. The number of hydrogen-bond donors (Lipinski definition) is 1.